The van der Waals surface area contributed by atoms with Crippen LogP contribution in [0.5, 0.6) is 0 Å². The summed E-state index contributed by atoms with van der Waals surface area (Å²) in [6.07, 6.45) is 13.7. The molecule has 0 radical (unpaired) electrons. The molecule has 0 amide bonds. The number of hydrogen-bond acceptors (Lipinski definition) is 5. The highest BCUT2D eigenvalue weighted by molar-refractivity contribution is 7.85. The summed E-state index contributed by atoms with van der Waals surface area (Å²) >= 11 is 0. The zero-order chi connectivity index (χ0) is 31.4. The Morgan fingerprint density at radius 3 is 2.09 bits per heavy atom. The van der Waals surface area contributed by atoms with Gasteiger partial charge in [-0.25, -0.2) is 8.42 Å². The Morgan fingerprint density at radius 2 is 1.44 bits per heavy atom. The van der Waals surface area contributed by atoms with Crippen LogP contribution in [0.3, 0.4) is 0 Å². The quantitative estimate of drug-likeness (QED) is 0.323. The van der Waals surface area contributed by atoms with Crippen molar-refractivity contribution in [1.82, 2.24) is 0 Å². The number of aliphatic hydroxyl groups excluding tert-OH is 1. The first-order valence-electron chi connectivity index (χ1n) is 17.1. The molecule has 1 aromatic rings. The van der Waals surface area contributed by atoms with E-state index < -0.39 is 10.1 Å². The second-order valence-electron chi connectivity index (χ2n) is 17.9. The van der Waals surface area contributed by atoms with Crippen molar-refractivity contribution in [1.29, 1.82) is 0 Å². The Bertz CT molecular complexity index is 1330. The van der Waals surface area contributed by atoms with Crippen LogP contribution in [-0.2, 0) is 14.9 Å². The Hall–Kier alpha value is -0.950. The molecule has 6 fully saturated rings. The largest absolute Gasteiger partial charge is 0.744 e. The fourth-order valence-corrected chi connectivity index (χ4v) is 13.1. The standard InChI is InChI=1S/C30H50O2.C7H8O3S/c1-25(2)14-16-30-17-15-28(6)19(23(30)24(25)32-18-30)8-9-21-27(5)12-11-22(31)26(3,4)20(27)10-13-29(21,28)7;1-6-2-4-7(5-3-6)11(8,9)10/h19-24,31H,8-18H2,1-7H3;2-5H,1H3,(H,8,9,10)/p-1/t19-,20+,21-,22+,23+,24-,27+,28-,29-,30-;/m1./s1. The summed E-state index contributed by atoms with van der Waals surface area (Å²) in [5.74, 6) is 3.11. The van der Waals surface area contributed by atoms with Crippen LogP contribution < -0.4 is 0 Å². The Labute approximate surface area is 261 Å². The molecule has 242 valence electrons. The maximum atomic E-state index is 10.9. The van der Waals surface area contributed by atoms with Crippen LogP contribution in [0.15, 0.2) is 29.2 Å². The average molecular weight is 614 g/mol. The Morgan fingerprint density at radius 1 is 0.791 bits per heavy atom. The molecule has 10 atom stereocenters. The van der Waals surface area contributed by atoms with E-state index in [2.05, 4.69) is 48.5 Å². The summed E-state index contributed by atoms with van der Waals surface area (Å²) in [5, 5.41) is 10.9. The fraction of sp³-hybridized carbons (Fsp3) is 0.838. The van der Waals surface area contributed by atoms with Crippen molar-refractivity contribution < 1.29 is 22.8 Å². The molecule has 1 saturated heterocycles. The summed E-state index contributed by atoms with van der Waals surface area (Å²) in [6, 6.07) is 5.78. The van der Waals surface area contributed by atoms with Crippen LogP contribution in [0, 0.1) is 63.1 Å². The van der Waals surface area contributed by atoms with Gasteiger partial charge in [0.15, 0.2) is 0 Å². The molecule has 5 nitrogen and oxygen atoms in total. The molecular formula is C37H57O5S-. The van der Waals surface area contributed by atoms with E-state index in [1.807, 2.05) is 6.92 Å². The molecule has 6 aliphatic rings. The number of rotatable bonds is 1. The molecule has 0 unspecified atom stereocenters. The predicted molar refractivity (Wildman–Crippen MR) is 169 cm³/mol. The molecule has 7 rings (SSSR count). The van der Waals surface area contributed by atoms with Crippen LogP contribution in [0.4, 0.5) is 0 Å². The van der Waals surface area contributed by atoms with Crippen LogP contribution in [0.2, 0.25) is 0 Å². The second kappa shape index (κ2) is 10.0. The van der Waals surface area contributed by atoms with Crippen molar-refractivity contribution >= 4 is 10.1 Å². The van der Waals surface area contributed by atoms with E-state index >= 15 is 0 Å². The first-order valence-corrected chi connectivity index (χ1v) is 18.6. The van der Waals surface area contributed by atoms with Gasteiger partial charge in [-0.05, 0) is 139 Å². The monoisotopic (exact) mass is 613 g/mol. The zero-order valence-electron chi connectivity index (χ0n) is 28.0. The van der Waals surface area contributed by atoms with Gasteiger partial charge >= 0.3 is 0 Å². The molecule has 1 aliphatic heterocycles. The van der Waals surface area contributed by atoms with Gasteiger partial charge in [-0.1, -0.05) is 66.2 Å². The summed E-state index contributed by atoms with van der Waals surface area (Å²) in [7, 11) is -4.27. The van der Waals surface area contributed by atoms with E-state index in [-0.39, 0.29) is 16.4 Å². The predicted octanol–water partition coefficient (Wildman–Crippen LogP) is 8.14. The van der Waals surface area contributed by atoms with Gasteiger partial charge in [-0.3, -0.25) is 0 Å². The molecule has 2 bridgehead atoms. The van der Waals surface area contributed by atoms with Gasteiger partial charge in [-0.2, -0.15) is 0 Å². The van der Waals surface area contributed by atoms with Crippen molar-refractivity contribution in [3.05, 3.63) is 29.8 Å². The highest BCUT2D eigenvalue weighted by Gasteiger charge is 2.72. The van der Waals surface area contributed by atoms with Crippen molar-refractivity contribution in [2.75, 3.05) is 6.61 Å². The summed E-state index contributed by atoms with van der Waals surface area (Å²) in [4.78, 5) is -0.178. The molecular weight excluding hydrogens is 556 g/mol. The van der Waals surface area contributed by atoms with E-state index in [0.29, 0.717) is 39.1 Å². The Kier molecular flexibility index (Phi) is 7.46. The van der Waals surface area contributed by atoms with E-state index in [1.54, 1.807) is 12.1 Å². The van der Waals surface area contributed by atoms with Crippen molar-refractivity contribution in [2.24, 2.45) is 56.2 Å². The lowest BCUT2D eigenvalue weighted by atomic mass is 9.31. The van der Waals surface area contributed by atoms with Gasteiger partial charge < -0.3 is 14.4 Å². The van der Waals surface area contributed by atoms with E-state index in [1.165, 1.54) is 69.9 Å². The van der Waals surface area contributed by atoms with E-state index in [9.17, 15) is 18.1 Å². The van der Waals surface area contributed by atoms with Gasteiger partial charge in [-0.15, -0.1) is 0 Å². The number of aliphatic hydroxyl groups is 1. The minimum absolute atomic E-state index is 0.0586. The van der Waals surface area contributed by atoms with E-state index in [0.717, 1.165) is 36.3 Å². The highest BCUT2D eigenvalue weighted by Crippen LogP contribution is 2.78. The zero-order valence-corrected chi connectivity index (χ0v) is 28.9. The van der Waals surface area contributed by atoms with Crippen molar-refractivity contribution in [2.45, 2.75) is 137 Å². The van der Waals surface area contributed by atoms with Crippen molar-refractivity contribution in [3.8, 4) is 0 Å². The van der Waals surface area contributed by atoms with Gasteiger partial charge in [0.1, 0.15) is 10.1 Å². The number of benzene rings is 1. The van der Waals surface area contributed by atoms with Gasteiger partial charge in [0.05, 0.1) is 23.7 Å². The molecule has 1 aromatic carbocycles. The smallest absolute Gasteiger partial charge is 0.124 e. The second-order valence-corrected chi connectivity index (χ2v) is 19.3. The summed E-state index contributed by atoms with van der Waals surface area (Å²) in [6.45, 7) is 20.7. The Balaban J connectivity index is 0.000000254. The molecule has 6 heteroatoms. The maximum Gasteiger partial charge on any atom is 0.124 e. The van der Waals surface area contributed by atoms with Crippen LogP contribution in [0.1, 0.15) is 118 Å². The van der Waals surface area contributed by atoms with Crippen LogP contribution in [-0.4, -0.2) is 36.9 Å². The van der Waals surface area contributed by atoms with Gasteiger partial charge in [0.2, 0.25) is 0 Å². The lowest BCUT2D eigenvalue weighted by Crippen LogP contribution is -2.67. The minimum atomic E-state index is -4.27. The number of aryl methyl sites for hydroxylation is 1. The fourth-order valence-electron chi connectivity index (χ4n) is 12.7. The third-order valence-corrected chi connectivity index (χ3v) is 16.3. The van der Waals surface area contributed by atoms with Crippen molar-refractivity contribution in [3.63, 3.8) is 0 Å². The molecule has 1 heterocycles. The molecule has 5 aliphatic carbocycles. The third kappa shape index (κ3) is 4.57. The van der Waals surface area contributed by atoms with Gasteiger partial charge in [0, 0.05) is 0 Å². The number of hydrogen-bond donors (Lipinski definition) is 1. The normalized spacial score (nSPS) is 47.6. The number of ether oxygens (including phenoxy) is 1. The topological polar surface area (TPSA) is 86.7 Å². The molecule has 0 aromatic heterocycles. The minimum Gasteiger partial charge on any atom is -0.744 e. The van der Waals surface area contributed by atoms with E-state index in [4.69, 9.17) is 4.74 Å². The highest BCUT2D eigenvalue weighted by atomic mass is 32.2. The molecule has 43 heavy (non-hydrogen) atoms. The molecule has 0 spiro atoms. The van der Waals surface area contributed by atoms with Gasteiger partial charge in [0.25, 0.3) is 0 Å². The summed E-state index contributed by atoms with van der Waals surface area (Å²) in [5.41, 5.74) is 3.08. The number of fused-ring (bicyclic) bond motifs is 5. The lowest BCUT2D eigenvalue weighted by Gasteiger charge is -2.73. The average Bonchev–Trinajstić information content (AvgIpc) is 3.25. The molecule has 1 N–H and O–H groups in total. The van der Waals surface area contributed by atoms with Crippen LogP contribution in [0.25, 0.3) is 0 Å². The SMILES string of the molecule is CC1(C)CC[C@]23CC[C@]4(C)[C@H](CC[C@@H]5[C@@]6(C)CC[C@H](O)C(C)(C)[C@@H]6CC[C@]54C)[C@H]2[C@H]1OC3.Cc1ccc(S(=O)(=O)[O-])cc1. The molecule has 5 saturated carbocycles. The first kappa shape index (κ1) is 32.0. The van der Waals surface area contributed by atoms with Crippen LogP contribution >= 0.6 is 0 Å². The first-order chi connectivity index (χ1) is 19.8. The lowest BCUT2D eigenvalue weighted by molar-refractivity contribution is -0.252. The third-order valence-electron chi connectivity index (χ3n) is 15.4. The maximum absolute atomic E-state index is 10.9. The summed E-state index contributed by atoms with van der Waals surface area (Å²) < 4.78 is 37.9.